The van der Waals surface area contributed by atoms with Crippen molar-refractivity contribution in [1.29, 1.82) is 0 Å². The number of ketones is 2. The molecule has 2 fully saturated rings. The third-order valence-electron chi connectivity index (χ3n) is 11.2. The van der Waals surface area contributed by atoms with E-state index in [1.165, 1.54) is 37.7 Å². The van der Waals surface area contributed by atoms with Gasteiger partial charge < -0.3 is 4.90 Å². The fraction of sp³-hybridized carbons (Fsp3) is 0.581. The van der Waals surface area contributed by atoms with Gasteiger partial charge in [0.25, 0.3) is 0 Å². The largest absolute Gasteiger partial charge is 0.370 e. The SMILES string of the molecule is CC=C/C=C(\C1=NC(=Nc2ccc(C(=O)CC(C)C3CCCC(C)CC3)cc2)CCC=C1)N1CCC(C(=O)CC2=CCC(C)(C)C2)CC1. The Kier molecular flexibility index (Phi) is 12.6. The molecule has 48 heavy (non-hydrogen) atoms. The van der Waals surface area contributed by atoms with Crippen LogP contribution in [-0.2, 0) is 4.79 Å². The molecule has 0 aromatic heterocycles. The van der Waals surface area contributed by atoms with Crippen molar-refractivity contribution >= 4 is 28.8 Å². The van der Waals surface area contributed by atoms with Crippen molar-refractivity contribution in [2.45, 2.75) is 118 Å². The Morgan fingerprint density at radius 1 is 1.06 bits per heavy atom. The summed E-state index contributed by atoms with van der Waals surface area (Å²) < 4.78 is 0. The summed E-state index contributed by atoms with van der Waals surface area (Å²) in [6.45, 7) is 12.9. The third-order valence-corrected chi connectivity index (χ3v) is 11.2. The predicted octanol–water partition coefficient (Wildman–Crippen LogP) is 10.8. The Hall–Kier alpha value is -3.34. The van der Waals surface area contributed by atoms with Crippen LogP contribution in [0.3, 0.4) is 0 Å². The summed E-state index contributed by atoms with van der Waals surface area (Å²) in [7, 11) is 0. The molecule has 1 aromatic rings. The van der Waals surface area contributed by atoms with E-state index in [9.17, 15) is 9.59 Å². The Morgan fingerprint density at radius 2 is 1.83 bits per heavy atom. The van der Waals surface area contributed by atoms with Gasteiger partial charge in [0.15, 0.2) is 5.78 Å². The van der Waals surface area contributed by atoms with Crippen LogP contribution in [0, 0.1) is 29.1 Å². The van der Waals surface area contributed by atoms with Crippen LogP contribution < -0.4 is 0 Å². The van der Waals surface area contributed by atoms with Gasteiger partial charge in [-0.25, -0.2) is 9.98 Å². The number of rotatable bonds is 11. The molecule has 3 atom stereocenters. The molecule has 1 saturated carbocycles. The first-order chi connectivity index (χ1) is 23.1. The zero-order valence-corrected chi connectivity index (χ0v) is 30.3. The first-order valence-electron chi connectivity index (χ1n) is 18.8. The van der Waals surface area contributed by atoms with Gasteiger partial charge in [-0.15, -0.1) is 0 Å². The number of hydrogen-bond acceptors (Lipinski definition) is 4. The molecule has 1 saturated heterocycles. The molecular formula is C43H59N3O2. The monoisotopic (exact) mass is 649 g/mol. The van der Waals surface area contributed by atoms with Gasteiger partial charge in [-0.3, -0.25) is 9.59 Å². The van der Waals surface area contributed by atoms with Crippen LogP contribution in [-0.4, -0.2) is 41.1 Å². The summed E-state index contributed by atoms with van der Waals surface area (Å²) in [5.41, 5.74) is 5.25. The zero-order chi connectivity index (χ0) is 34.1. The lowest BCUT2D eigenvalue weighted by Crippen LogP contribution is -2.37. The van der Waals surface area contributed by atoms with Crippen molar-refractivity contribution in [3.8, 4) is 0 Å². The van der Waals surface area contributed by atoms with Crippen LogP contribution in [0.1, 0.15) is 128 Å². The van der Waals surface area contributed by atoms with Crippen molar-refractivity contribution < 1.29 is 9.59 Å². The number of carbonyl (C=O) groups is 2. The molecule has 0 N–H and O–H groups in total. The number of amidine groups is 1. The van der Waals surface area contributed by atoms with Crippen LogP contribution in [0.2, 0.25) is 0 Å². The van der Waals surface area contributed by atoms with E-state index in [1.807, 2.05) is 37.3 Å². The van der Waals surface area contributed by atoms with Gasteiger partial charge in [-0.05, 0) is 105 Å². The molecule has 2 aliphatic heterocycles. The van der Waals surface area contributed by atoms with E-state index >= 15 is 0 Å². The fourth-order valence-corrected chi connectivity index (χ4v) is 8.06. The molecule has 258 valence electrons. The predicted molar refractivity (Wildman–Crippen MR) is 201 cm³/mol. The number of likely N-dealkylation sites (tertiary alicyclic amines) is 1. The number of benzene rings is 1. The fourth-order valence-electron chi connectivity index (χ4n) is 8.06. The van der Waals surface area contributed by atoms with Crippen molar-refractivity contribution in [3.05, 3.63) is 77.6 Å². The second kappa shape index (κ2) is 16.9. The van der Waals surface area contributed by atoms with Gasteiger partial charge in [0.1, 0.15) is 11.6 Å². The van der Waals surface area contributed by atoms with E-state index in [0.29, 0.717) is 35.9 Å². The molecule has 1 aromatic carbocycles. The summed E-state index contributed by atoms with van der Waals surface area (Å²) >= 11 is 0. The standard InChI is InChI=1S/C43H59N3O2/c1-6-7-14-39(46-26-23-36(24-27-46)41(48)29-33-22-25-43(4,5)30-33)38-13-8-9-15-42(45-38)44-37-20-18-35(19-21-37)40(47)28-32(3)34-12-10-11-31(2)16-17-34/h6-8,13-14,18-22,31-32,34,36H,9-12,15-17,23-30H2,1-5H3/b7-6?,39-14+,44-42?. The van der Waals surface area contributed by atoms with Gasteiger partial charge in [0, 0.05) is 43.8 Å². The summed E-state index contributed by atoms with van der Waals surface area (Å²) in [5.74, 6) is 3.49. The second-order valence-electron chi connectivity index (χ2n) is 15.9. The van der Waals surface area contributed by atoms with Crippen molar-refractivity contribution in [2.75, 3.05) is 13.1 Å². The minimum absolute atomic E-state index is 0.135. The number of Topliss-reactive ketones (excluding diaryl/α,β-unsaturated/α-hetero) is 2. The lowest BCUT2D eigenvalue weighted by atomic mass is 9.83. The highest BCUT2D eigenvalue weighted by Gasteiger charge is 2.30. The Labute approximate surface area is 290 Å². The van der Waals surface area contributed by atoms with Gasteiger partial charge in [-0.1, -0.05) is 83.3 Å². The van der Waals surface area contributed by atoms with E-state index < -0.39 is 0 Å². The average molecular weight is 650 g/mol. The minimum atomic E-state index is 0.135. The molecule has 3 unspecified atom stereocenters. The first-order valence-corrected chi connectivity index (χ1v) is 18.8. The van der Waals surface area contributed by atoms with Gasteiger partial charge in [0.05, 0.1) is 17.1 Å². The molecule has 5 rings (SSSR count). The molecular weight excluding hydrogens is 590 g/mol. The molecule has 0 radical (unpaired) electrons. The number of carbonyl (C=O) groups excluding carboxylic acids is 2. The molecule has 0 amide bonds. The maximum Gasteiger partial charge on any atom is 0.163 e. The van der Waals surface area contributed by atoms with Crippen molar-refractivity contribution in [2.24, 2.45) is 39.1 Å². The average Bonchev–Trinajstić information content (AvgIpc) is 3.22. The van der Waals surface area contributed by atoms with Crippen LogP contribution in [0.15, 0.2) is 82.0 Å². The summed E-state index contributed by atoms with van der Waals surface area (Å²) in [6, 6.07) is 7.81. The van der Waals surface area contributed by atoms with Gasteiger partial charge in [-0.2, -0.15) is 0 Å². The van der Waals surface area contributed by atoms with Crippen LogP contribution in [0.5, 0.6) is 0 Å². The Bertz CT molecular complexity index is 1460. The molecule has 5 nitrogen and oxygen atoms in total. The van der Waals surface area contributed by atoms with Crippen LogP contribution in [0.4, 0.5) is 5.69 Å². The van der Waals surface area contributed by atoms with E-state index in [-0.39, 0.29) is 11.7 Å². The van der Waals surface area contributed by atoms with Gasteiger partial charge >= 0.3 is 0 Å². The second-order valence-corrected chi connectivity index (χ2v) is 15.9. The Balaban J connectivity index is 1.22. The number of allylic oxidation sites excluding steroid dienone is 7. The number of aliphatic imine (C=N–C) groups is 2. The quantitative estimate of drug-likeness (QED) is 0.104. The maximum atomic E-state index is 13.2. The van der Waals surface area contributed by atoms with E-state index in [2.05, 4.69) is 63.0 Å². The van der Waals surface area contributed by atoms with Gasteiger partial charge in [0.2, 0.25) is 0 Å². The molecule has 5 heteroatoms. The maximum absolute atomic E-state index is 13.2. The number of hydrogen-bond donors (Lipinski definition) is 0. The highest BCUT2D eigenvalue weighted by molar-refractivity contribution is 6.14. The third kappa shape index (κ3) is 10.1. The summed E-state index contributed by atoms with van der Waals surface area (Å²) in [4.78, 5) is 38.9. The van der Waals surface area contributed by atoms with Crippen molar-refractivity contribution in [3.63, 3.8) is 0 Å². The molecule has 4 aliphatic rings. The van der Waals surface area contributed by atoms with Crippen molar-refractivity contribution in [1.82, 2.24) is 4.90 Å². The minimum Gasteiger partial charge on any atom is -0.370 e. The van der Waals surface area contributed by atoms with E-state index in [0.717, 1.165) is 86.0 Å². The molecule has 2 heterocycles. The summed E-state index contributed by atoms with van der Waals surface area (Å²) in [6.07, 6.45) is 26.1. The van der Waals surface area contributed by atoms with E-state index in [4.69, 9.17) is 9.98 Å². The molecule has 2 aliphatic carbocycles. The number of nitrogens with zero attached hydrogens (tertiary/aromatic N) is 3. The smallest absolute Gasteiger partial charge is 0.163 e. The van der Waals surface area contributed by atoms with Crippen LogP contribution in [0.25, 0.3) is 0 Å². The lowest BCUT2D eigenvalue weighted by Gasteiger charge is -2.34. The van der Waals surface area contributed by atoms with E-state index in [1.54, 1.807) is 0 Å². The highest BCUT2D eigenvalue weighted by Crippen LogP contribution is 2.39. The number of piperidine rings is 1. The summed E-state index contributed by atoms with van der Waals surface area (Å²) in [5, 5.41) is 0. The molecule has 0 spiro atoms. The first kappa shape index (κ1) is 36.0. The van der Waals surface area contributed by atoms with Crippen LogP contribution >= 0.6 is 0 Å². The highest BCUT2D eigenvalue weighted by atomic mass is 16.1. The Morgan fingerprint density at radius 3 is 2.54 bits per heavy atom. The zero-order valence-electron chi connectivity index (χ0n) is 30.3. The topological polar surface area (TPSA) is 62.1 Å². The normalized spacial score (nSPS) is 25.5. The lowest BCUT2D eigenvalue weighted by molar-refractivity contribution is -0.123. The molecule has 0 bridgehead atoms.